The molecule has 0 aliphatic carbocycles. The average Bonchev–Trinajstić information content (AvgIpc) is 2.69. The first-order valence-corrected chi connectivity index (χ1v) is 6.06. The highest BCUT2D eigenvalue weighted by atomic mass is 32.2. The molecule has 2 rings (SSSR count). The molecule has 1 aromatic heterocycles. The van der Waals surface area contributed by atoms with Crippen LogP contribution in [0.4, 0.5) is 5.95 Å². The van der Waals surface area contributed by atoms with Crippen LogP contribution in [0.3, 0.4) is 0 Å². The van der Waals surface area contributed by atoms with Gasteiger partial charge in [0, 0.05) is 13.3 Å². The third-order valence-electron chi connectivity index (χ3n) is 2.03. The van der Waals surface area contributed by atoms with E-state index in [-0.39, 0.29) is 0 Å². The zero-order valence-electron chi connectivity index (χ0n) is 9.16. The zero-order valence-corrected chi connectivity index (χ0v) is 9.98. The lowest BCUT2D eigenvalue weighted by molar-refractivity contribution is 0.741. The van der Waals surface area contributed by atoms with Gasteiger partial charge in [-0.25, -0.2) is 9.67 Å². The Labute approximate surface area is 98.4 Å². The number of nitrogens with zero attached hydrogens (tertiary/aromatic N) is 4. The summed E-state index contributed by atoms with van der Waals surface area (Å²) in [4.78, 5) is 8.56. The van der Waals surface area contributed by atoms with Gasteiger partial charge in [-0.15, -0.1) is 5.10 Å². The summed E-state index contributed by atoms with van der Waals surface area (Å²) in [6.45, 7) is 0. The Morgan fingerprint density at radius 2 is 2.06 bits per heavy atom. The second-order valence-corrected chi connectivity index (χ2v) is 3.96. The van der Waals surface area contributed by atoms with Crippen molar-refractivity contribution >= 4 is 23.9 Å². The average molecular weight is 232 g/mol. The molecule has 0 radical (unpaired) electrons. The first kappa shape index (κ1) is 10.9. The third-order valence-corrected chi connectivity index (χ3v) is 2.57. The topological polar surface area (TPSA) is 43.1 Å². The molecule has 16 heavy (non-hydrogen) atoms. The van der Waals surface area contributed by atoms with Crippen LogP contribution in [0.2, 0.25) is 0 Å². The van der Waals surface area contributed by atoms with Gasteiger partial charge in [-0.05, 0) is 11.8 Å². The summed E-state index contributed by atoms with van der Waals surface area (Å²) in [6.07, 6.45) is 3.73. The minimum atomic E-state index is 0.619. The Kier molecular flexibility index (Phi) is 3.36. The highest BCUT2D eigenvalue weighted by Gasteiger charge is 2.03. The predicted molar refractivity (Wildman–Crippen MR) is 66.5 cm³/mol. The minimum absolute atomic E-state index is 0.619. The van der Waals surface area contributed by atoms with Crippen molar-refractivity contribution in [3.63, 3.8) is 0 Å². The highest BCUT2D eigenvalue weighted by molar-refractivity contribution is 7.98. The van der Waals surface area contributed by atoms with Crippen molar-refractivity contribution in [2.45, 2.75) is 5.16 Å². The Balaban J connectivity index is 2.20. The summed E-state index contributed by atoms with van der Waals surface area (Å²) in [6, 6.07) is 9.92. The molecule has 0 spiro atoms. The number of hydrogen-bond acceptors (Lipinski definition) is 4. The van der Waals surface area contributed by atoms with Crippen LogP contribution in [-0.2, 0) is 7.05 Å². The van der Waals surface area contributed by atoms with Gasteiger partial charge < -0.3 is 0 Å². The van der Waals surface area contributed by atoms with Gasteiger partial charge in [-0.2, -0.15) is 4.98 Å². The molecule has 2 aromatic rings. The molecule has 0 saturated heterocycles. The summed E-state index contributed by atoms with van der Waals surface area (Å²) in [5.74, 6) is 0.619. The molecule has 0 aliphatic heterocycles. The van der Waals surface area contributed by atoms with Gasteiger partial charge in [0.05, 0.1) is 0 Å². The monoisotopic (exact) mass is 232 g/mol. The number of aliphatic imine (C=N–C) groups is 1. The quantitative estimate of drug-likeness (QED) is 0.602. The second kappa shape index (κ2) is 4.94. The van der Waals surface area contributed by atoms with Crippen molar-refractivity contribution in [3.8, 4) is 0 Å². The van der Waals surface area contributed by atoms with Crippen LogP contribution in [0.1, 0.15) is 5.56 Å². The van der Waals surface area contributed by atoms with Crippen LogP contribution < -0.4 is 0 Å². The molecule has 4 nitrogen and oxygen atoms in total. The highest BCUT2D eigenvalue weighted by Crippen LogP contribution is 2.14. The molecule has 0 unspecified atom stereocenters. The molecule has 0 saturated carbocycles. The summed E-state index contributed by atoms with van der Waals surface area (Å²) in [7, 11) is 1.84. The molecule has 1 aromatic carbocycles. The Hall–Kier alpha value is -1.62. The lowest BCUT2D eigenvalue weighted by atomic mass is 10.2. The van der Waals surface area contributed by atoms with Crippen LogP contribution in [0, 0.1) is 0 Å². The molecule has 0 bridgehead atoms. The summed E-state index contributed by atoms with van der Waals surface area (Å²) in [5, 5.41) is 4.93. The fraction of sp³-hybridized carbons (Fsp3) is 0.182. The van der Waals surface area contributed by atoms with Crippen molar-refractivity contribution < 1.29 is 0 Å². The lowest BCUT2D eigenvalue weighted by Crippen LogP contribution is -1.89. The van der Waals surface area contributed by atoms with E-state index in [1.54, 1.807) is 10.9 Å². The lowest BCUT2D eigenvalue weighted by Gasteiger charge is -1.91. The molecular formula is C11H12N4S. The van der Waals surface area contributed by atoms with E-state index in [1.807, 2.05) is 43.6 Å². The van der Waals surface area contributed by atoms with E-state index in [4.69, 9.17) is 0 Å². The van der Waals surface area contributed by atoms with Crippen molar-refractivity contribution in [1.29, 1.82) is 0 Å². The number of thioether (sulfide) groups is 1. The van der Waals surface area contributed by atoms with E-state index < -0.39 is 0 Å². The maximum Gasteiger partial charge on any atom is 0.248 e. The SMILES string of the molecule is CSc1nc(/N=C\c2ccccc2)n(C)n1. The molecular weight excluding hydrogens is 220 g/mol. The number of benzene rings is 1. The van der Waals surface area contributed by atoms with E-state index in [2.05, 4.69) is 15.1 Å². The van der Waals surface area contributed by atoms with E-state index in [0.717, 1.165) is 10.7 Å². The molecule has 0 atom stereocenters. The fourth-order valence-electron chi connectivity index (χ4n) is 1.22. The van der Waals surface area contributed by atoms with Crippen molar-refractivity contribution in [2.75, 3.05) is 6.26 Å². The number of aromatic nitrogens is 3. The molecule has 82 valence electrons. The first-order valence-electron chi connectivity index (χ1n) is 4.84. The molecule has 0 N–H and O–H groups in total. The van der Waals surface area contributed by atoms with Gasteiger partial charge in [0.2, 0.25) is 11.1 Å². The van der Waals surface area contributed by atoms with Crippen molar-refractivity contribution in [3.05, 3.63) is 35.9 Å². The maximum atomic E-state index is 4.30. The summed E-state index contributed by atoms with van der Waals surface area (Å²) in [5.41, 5.74) is 1.05. The van der Waals surface area contributed by atoms with E-state index in [1.165, 1.54) is 11.8 Å². The van der Waals surface area contributed by atoms with Gasteiger partial charge >= 0.3 is 0 Å². The molecule has 0 fully saturated rings. The van der Waals surface area contributed by atoms with E-state index in [9.17, 15) is 0 Å². The van der Waals surface area contributed by atoms with Crippen LogP contribution in [0.15, 0.2) is 40.5 Å². The zero-order chi connectivity index (χ0) is 11.4. The minimum Gasteiger partial charge on any atom is -0.232 e. The largest absolute Gasteiger partial charge is 0.248 e. The van der Waals surface area contributed by atoms with Gasteiger partial charge in [0.15, 0.2) is 0 Å². The summed E-state index contributed by atoms with van der Waals surface area (Å²) < 4.78 is 1.67. The molecule has 0 aliphatic rings. The number of aryl methyl sites for hydroxylation is 1. The van der Waals surface area contributed by atoms with Crippen LogP contribution in [-0.4, -0.2) is 27.2 Å². The summed E-state index contributed by atoms with van der Waals surface area (Å²) >= 11 is 1.51. The number of hydrogen-bond donors (Lipinski definition) is 0. The Bertz CT molecular complexity index is 490. The maximum absolute atomic E-state index is 4.30. The number of rotatable bonds is 3. The third kappa shape index (κ3) is 2.49. The normalized spacial score (nSPS) is 11.1. The van der Waals surface area contributed by atoms with E-state index >= 15 is 0 Å². The molecule has 5 heteroatoms. The smallest absolute Gasteiger partial charge is 0.232 e. The van der Waals surface area contributed by atoms with Crippen LogP contribution in [0.25, 0.3) is 0 Å². The molecule has 1 heterocycles. The first-order chi connectivity index (χ1) is 7.79. The van der Waals surface area contributed by atoms with Crippen molar-refractivity contribution in [2.24, 2.45) is 12.0 Å². The standard InChI is InChI=1S/C11H12N4S/c1-15-10(13-11(14-15)16-2)12-8-9-6-4-3-5-7-9/h3-8H,1-2H3/b12-8-. The van der Waals surface area contributed by atoms with Gasteiger partial charge in [0.1, 0.15) is 0 Å². The van der Waals surface area contributed by atoms with Crippen LogP contribution in [0.5, 0.6) is 0 Å². The van der Waals surface area contributed by atoms with Gasteiger partial charge in [-0.1, -0.05) is 42.1 Å². The van der Waals surface area contributed by atoms with Gasteiger partial charge in [-0.3, -0.25) is 0 Å². The predicted octanol–water partition coefficient (Wildman–Crippen LogP) is 2.29. The van der Waals surface area contributed by atoms with E-state index in [0.29, 0.717) is 5.95 Å². The molecule has 0 amide bonds. The fourth-order valence-corrected chi connectivity index (χ4v) is 1.60. The Morgan fingerprint density at radius 3 is 2.69 bits per heavy atom. The second-order valence-electron chi connectivity index (χ2n) is 3.19. The van der Waals surface area contributed by atoms with Gasteiger partial charge in [0.25, 0.3) is 0 Å². The van der Waals surface area contributed by atoms with Crippen molar-refractivity contribution in [1.82, 2.24) is 14.8 Å². The van der Waals surface area contributed by atoms with Crippen LogP contribution >= 0.6 is 11.8 Å². The Morgan fingerprint density at radius 1 is 1.31 bits per heavy atom.